The number of hydrogen-bond donors (Lipinski definition) is 0. The lowest BCUT2D eigenvalue weighted by Gasteiger charge is -2.18. The maximum Gasteiger partial charge on any atom is 0.244 e. The number of hydrogen-bond acceptors (Lipinski definition) is 3. The van der Waals surface area contributed by atoms with Crippen molar-refractivity contribution < 1.29 is 8.42 Å². The van der Waals surface area contributed by atoms with Crippen LogP contribution < -0.4 is 0 Å². The molecule has 0 saturated heterocycles. The van der Waals surface area contributed by atoms with Crippen molar-refractivity contribution in [3.63, 3.8) is 0 Å². The first kappa shape index (κ1) is 18.6. The van der Waals surface area contributed by atoms with Crippen LogP contribution in [-0.2, 0) is 16.6 Å². The minimum Gasteiger partial charge on any atom is -0.238 e. The van der Waals surface area contributed by atoms with Gasteiger partial charge in [0.25, 0.3) is 0 Å². The number of halogens is 1. The zero-order valence-electron chi connectivity index (χ0n) is 14.8. The summed E-state index contributed by atoms with van der Waals surface area (Å²) >= 11 is 6.08. The molecule has 0 aliphatic heterocycles. The fourth-order valence-electron chi connectivity index (χ4n) is 2.85. The van der Waals surface area contributed by atoms with E-state index in [0.29, 0.717) is 0 Å². The van der Waals surface area contributed by atoms with E-state index in [4.69, 9.17) is 11.6 Å². The molecule has 0 saturated carbocycles. The van der Waals surface area contributed by atoms with Crippen molar-refractivity contribution in [1.82, 2.24) is 14.1 Å². The summed E-state index contributed by atoms with van der Waals surface area (Å²) in [5.74, 6) is 0. The second kappa shape index (κ2) is 7.23. The number of sulfonamides is 1. The highest BCUT2D eigenvalue weighted by atomic mass is 35.5. The van der Waals surface area contributed by atoms with Crippen molar-refractivity contribution in [2.24, 2.45) is 0 Å². The van der Waals surface area contributed by atoms with Crippen LogP contribution in [0.3, 0.4) is 0 Å². The van der Waals surface area contributed by atoms with Crippen molar-refractivity contribution in [1.29, 1.82) is 0 Å². The maximum absolute atomic E-state index is 12.9. The quantitative estimate of drug-likeness (QED) is 0.663. The normalized spacial score (nSPS) is 11.9. The van der Waals surface area contributed by atoms with Crippen LogP contribution in [0.4, 0.5) is 0 Å². The minimum atomic E-state index is -3.69. The highest BCUT2D eigenvalue weighted by Gasteiger charge is 2.25. The molecule has 0 fully saturated rings. The van der Waals surface area contributed by atoms with Gasteiger partial charge in [0.05, 0.1) is 16.4 Å². The summed E-state index contributed by atoms with van der Waals surface area (Å²) in [6.07, 6.45) is 0. The van der Waals surface area contributed by atoms with Gasteiger partial charge in [-0.1, -0.05) is 41.9 Å². The van der Waals surface area contributed by atoms with Crippen molar-refractivity contribution in [2.45, 2.75) is 25.3 Å². The van der Waals surface area contributed by atoms with Gasteiger partial charge < -0.3 is 0 Å². The standard InChI is InChI=1S/C19H20ClN3O2S/c1-14-17(15(2)23(21-14)16-9-5-4-6-10-16)13-22(3)26(24,25)19-12-8-7-11-18(19)20/h4-12H,13H2,1-3H3. The van der Waals surface area contributed by atoms with Crippen LogP contribution in [0.25, 0.3) is 5.69 Å². The topological polar surface area (TPSA) is 55.2 Å². The van der Waals surface area contributed by atoms with Gasteiger partial charge in [-0.2, -0.15) is 9.40 Å². The molecule has 0 aliphatic rings. The number of aryl methyl sites for hydroxylation is 1. The lowest BCUT2D eigenvalue weighted by molar-refractivity contribution is 0.465. The van der Waals surface area contributed by atoms with Gasteiger partial charge in [-0.05, 0) is 38.1 Å². The first-order chi connectivity index (χ1) is 12.3. The van der Waals surface area contributed by atoms with Crippen LogP contribution in [0.15, 0.2) is 59.5 Å². The molecule has 0 atom stereocenters. The molecule has 1 heterocycles. The first-order valence-electron chi connectivity index (χ1n) is 8.13. The summed E-state index contributed by atoms with van der Waals surface area (Å²) in [6, 6.07) is 16.2. The molecule has 5 nitrogen and oxygen atoms in total. The van der Waals surface area contributed by atoms with E-state index in [1.54, 1.807) is 25.2 Å². The minimum absolute atomic E-state index is 0.106. The van der Waals surface area contributed by atoms with Crippen LogP contribution in [0.1, 0.15) is 17.0 Å². The zero-order chi connectivity index (χ0) is 18.9. The third-order valence-corrected chi connectivity index (χ3v) is 6.65. The van der Waals surface area contributed by atoms with E-state index in [1.807, 2.05) is 48.9 Å². The van der Waals surface area contributed by atoms with Gasteiger partial charge in [-0.15, -0.1) is 0 Å². The van der Waals surface area contributed by atoms with Gasteiger partial charge >= 0.3 is 0 Å². The molecule has 1 aromatic heterocycles. The maximum atomic E-state index is 12.9. The van der Waals surface area contributed by atoms with Crippen molar-refractivity contribution in [3.05, 3.63) is 76.6 Å². The monoisotopic (exact) mass is 389 g/mol. The Balaban J connectivity index is 1.95. The number of nitrogens with zero attached hydrogens (tertiary/aromatic N) is 3. The average molecular weight is 390 g/mol. The number of para-hydroxylation sites is 1. The van der Waals surface area contributed by atoms with Gasteiger partial charge in [-0.25, -0.2) is 13.1 Å². The fraction of sp³-hybridized carbons (Fsp3) is 0.211. The summed E-state index contributed by atoms with van der Waals surface area (Å²) in [6.45, 7) is 4.05. The Kier molecular flexibility index (Phi) is 5.18. The molecule has 3 aromatic rings. The molecule has 2 aromatic carbocycles. The molecule has 0 spiro atoms. The lowest BCUT2D eigenvalue weighted by Crippen LogP contribution is -2.27. The predicted octanol–water partition coefficient (Wildman–Crippen LogP) is 3.96. The molecule has 3 rings (SSSR count). The molecular weight excluding hydrogens is 370 g/mol. The smallest absolute Gasteiger partial charge is 0.238 e. The highest BCUT2D eigenvalue weighted by Crippen LogP contribution is 2.26. The highest BCUT2D eigenvalue weighted by molar-refractivity contribution is 7.89. The van der Waals surface area contributed by atoms with Crippen molar-refractivity contribution in [3.8, 4) is 5.69 Å². The van der Waals surface area contributed by atoms with E-state index >= 15 is 0 Å². The van der Waals surface area contributed by atoms with Crippen molar-refractivity contribution >= 4 is 21.6 Å². The fourth-order valence-corrected chi connectivity index (χ4v) is 4.48. The second-order valence-electron chi connectivity index (χ2n) is 6.09. The summed E-state index contributed by atoms with van der Waals surface area (Å²) in [4.78, 5) is 0.106. The van der Waals surface area contributed by atoms with Crippen molar-refractivity contribution in [2.75, 3.05) is 7.05 Å². The average Bonchev–Trinajstić information content (AvgIpc) is 2.91. The Morgan fingerprint density at radius 1 is 1.04 bits per heavy atom. The van der Waals surface area contributed by atoms with Crippen LogP contribution in [0.5, 0.6) is 0 Å². The summed E-state index contributed by atoms with van der Waals surface area (Å²) < 4.78 is 28.9. The van der Waals surface area contributed by atoms with E-state index < -0.39 is 10.0 Å². The number of benzene rings is 2. The largest absolute Gasteiger partial charge is 0.244 e. The lowest BCUT2D eigenvalue weighted by atomic mass is 10.2. The van der Waals surface area contributed by atoms with E-state index in [1.165, 1.54) is 10.4 Å². The van der Waals surface area contributed by atoms with Gasteiger partial charge in [0, 0.05) is 24.8 Å². The van der Waals surface area contributed by atoms with Crippen LogP contribution in [0, 0.1) is 13.8 Å². The van der Waals surface area contributed by atoms with Gasteiger partial charge in [-0.3, -0.25) is 0 Å². The molecule has 0 unspecified atom stereocenters. The van der Waals surface area contributed by atoms with Crippen LogP contribution in [0.2, 0.25) is 5.02 Å². The summed E-state index contributed by atoms with van der Waals surface area (Å²) in [5.41, 5.74) is 3.53. The summed E-state index contributed by atoms with van der Waals surface area (Å²) in [7, 11) is -2.14. The first-order valence-corrected chi connectivity index (χ1v) is 9.95. The van der Waals surface area contributed by atoms with Gasteiger partial charge in [0.15, 0.2) is 0 Å². The molecule has 0 radical (unpaired) electrons. The van der Waals surface area contributed by atoms with E-state index in [9.17, 15) is 8.42 Å². The van der Waals surface area contributed by atoms with Crippen LogP contribution >= 0.6 is 11.6 Å². The Bertz CT molecular complexity index is 1030. The zero-order valence-corrected chi connectivity index (χ0v) is 16.4. The Morgan fingerprint density at radius 3 is 2.31 bits per heavy atom. The predicted molar refractivity (Wildman–Crippen MR) is 103 cm³/mol. The number of aromatic nitrogens is 2. The van der Waals surface area contributed by atoms with Gasteiger partial charge in [0.1, 0.15) is 4.90 Å². The third kappa shape index (κ3) is 3.40. The van der Waals surface area contributed by atoms with E-state index in [-0.39, 0.29) is 16.5 Å². The molecule has 0 amide bonds. The molecule has 26 heavy (non-hydrogen) atoms. The van der Waals surface area contributed by atoms with Crippen LogP contribution in [-0.4, -0.2) is 29.6 Å². The molecule has 0 bridgehead atoms. The third-order valence-electron chi connectivity index (χ3n) is 4.35. The van der Waals surface area contributed by atoms with E-state index in [0.717, 1.165) is 22.6 Å². The Labute approximate surface area is 158 Å². The molecule has 0 N–H and O–H groups in total. The molecule has 0 aliphatic carbocycles. The SMILES string of the molecule is Cc1nn(-c2ccccc2)c(C)c1CN(C)S(=O)(=O)c1ccccc1Cl. The Hall–Kier alpha value is -2.15. The van der Waals surface area contributed by atoms with E-state index in [2.05, 4.69) is 5.10 Å². The van der Waals surface area contributed by atoms with Gasteiger partial charge in [0.2, 0.25) is 10.0 Å². The molecule has 7 heteroatoms. The molecular formula is C19H20ClN3O2S. The second-order valence-corrected chi connectivity index (χ2v) is 8.51. The Morgan fingerprint density at radius 2 is 1.65 bits per heavy atom. The summed E-state index contributed by atoms with van der Waals surface area (Å²) in [5, 5.41) is 4.79. The number of rotatable bonds is 5. The molecule has 136 valence electrons.